The summed E-state index contributed by atoms with van der Waals surface area (Å²) in [6, 6.07) is -1.28. The number of carbonyl (C=O) groups excluding carboxylic acids is 2. The van der Waals surface area contributed by atoms with Crippen molar-refractivity contribution in [1.29, 1.82) is 0 Å². The SMILES string of the molecule is NC(=O)CC(N)C(=O)[O-].O.[K+]. The standard InChI is InChI=1S/C4H8N2O3.K.H2O/c5-2(4(8)9)1-3(6)7;;/h2H,1,5H2,(H2,6,7)(H,8,9);;1H2/q;+1;/p-1. The fourth-order valence-corrected chi connectivity index (χ4v) is 0.300. The van der Waals surface area contributed by atoms with E-state index in [1.54, 1.807) is 0 Å². The van der Waals surface area contributed by atoms with E-state index in [4.69, 9.17) is 5.73 Å². The molecule has 0 radical (unpaired) electrons. The molecule has 0 saturated carbocycles. The first kappa shape index (κ1) is 17.5. The number of rotatable bonds is 3. The van der Waals surface area contributed by atoms with Crippen molar-refractivity contribution in [2.24, 2.45) is 11.5 Å². The Kier molecular flexibility index (Phi) is 13.7. The van der Waals surface area contributed by atoms with E-state index in [1.807, 2.05) is 0 Å². The summed E-state index contributed by atoms with van der Waals surface area (Å²) >= 11 is 0. The molecule has 0 aliphatic carbocycles. The Bertz CT molecular complexity index is 140. The van der Waals surface area contributed by atoms with Crippen molar-refractivity contribution in [2.75, 3.05) is 0 Å². The minimum absolute atomic E-state index is 0. The van der Waals surface area contributed by atoms with Crippen LogP contribution in [-0.4, -0.2) is 23.4 Å². The van der Waals surface area contributed by atoms with Gasteiger partial charge in [0.1, 0.15) is 0 Å². The number of hydrogen-bond acceptors (Lipinski definition) is 4. The maximum atomic E-state index is 9.97. The predicted molar refractivity (Wildman–Crippen MR) is 30.4 cm³/mol. The second-order valence-corrected chi connectivity index (χ2v) is 1.60. The molecule has 6 N–H and O–H groups in total. The monoisotopic (exact) mass is 188 g/mol. The molecule has 0 aliphatic heterocycles. The minimum atomic E-state index is -1.46. The van der Waals surface area contributed by atoms with Gasteiger partial charge in [-0.05, 0) is 0 Å². The Labute approximate surface area is 106 Å². The van der Waals surface area contributed by atoms with E-state index in [1.165, 1.54) is 0 Å². The molecule has 0 aromatic carbocycles. The average molecular weight is 188 g/mol. The van der Waals surface area contributed by atoms with E-state index >= 15 is 0 Å². The number of amides is 1. The van der Waals surface area contributed by atoms with Crippen LogP contribution in [0, 0.1) is 0 Å². The molecule has 0 bridgehead atoms. The van der Waals surface area contributed by atoms with Crippen LogP contribution in [0.15, 0.2) is 0 Å². The molecule has 0 heterocycles. The van der Waals surface area contributed by atoms with Gasteiger partial charge in [-0.2, -0.15) is 0 Å². The van der Waals surface area contributed by atoms with Crippen LogP contribution in [-0.2, 0) is 9.59 Å². The van der Waals surface area contributed by atoms with Crippen LogP contribution in [0.5, 0.6) is 0 Å². The molecule has 7 heteroatoms. The molecular formula is C4H9KN2O4. The maximum Gasteiger partial charge on any atom is 1.00 e. The topological polar surface area (TPSA) is 141 Å². The Balaban J connectivity index is -0.000000320. The van der Waals surface area contributed by atoms with E-state index in [2.05, 4.69) is 5.73 Å². The quantitative estimate of drug-likeness (QED) is 0.424. The van der Waals surface area contributed by atoms with Gasteiger partial charge >= 0.3 is 51.4 Å². The van der Waals surface area contributed by atoms with Gasteiger partial charge < -0.3 is 26.8 Å². The number of primary amides is 1. The zero-order valence-electron chi connectivity index (χ0n) is 6.16. The van der Waals surface area contributed by atoms with Crippen molar-refractivity contribution >= 4 is 11.9 Å². The Morgan fingerprint density at radius 2 is 1.82 bits per heavy atom. The van der Waals surface area contributed by atoms with Crippen LogP contribution in [0.4, 0.5) is 0 Å². The number of hydrogen-bond donors (Lipinski definition) is 2. The fourth-order valence-electron chi connectivity index (χ4n) is 0.300. The third-order valence-corrected chi connectivity index (χ3v) is 0.724. The Hall–Kier alpha value is 0.496. The van der Waals surface area contributed by atoms with Gasteiger partial charge in [0.2, 0.25) is 5.91 Å². The minimum Gasteiger partial charge on any atom is -0.548 e. The number of carbonyl (C=O) groups is 2. The van der Waals surface area contributed by atoms with Crippen LogP contribution >= 0.6 is 0 Å². The first-order chi connectivity index (χ1) is 4.04. The van der Waals surface area contributed by atoms with Crippen molar-refractivity contribution in [3.63, 3.8) is 0 Å². The number of carboxylic acids is 1. The first-order valence-electron chi connectivity index (χ1n) is 2.28. The van der Waals surface area contributed by atoms with Crippen LogP contribution in [0.25, 0.3) is 0 Å². The predicted octanol–water partition coefficient (Wildman–Crippen LogP) is -6.88. The third-order valence-electron chi connectivity index (χ3n) is 0.724. The Morgan fingerprint density at radius 1 is 1.45 bits per heavy atom. The zero-order chi connectivity index (χ0) is 7.44. The van der Waals surface area contributed by atoms with E-state index < -0.39 is 17.9 Å². The third kappa shape index (κ3) is 10.5. The molecule has 0 rings (SSSR count). The van der Waals surface area contributed by atoms with Gasteiger partial charge in [0.25, 0.3) is 0 Å². The summed E-state index contributed by atoms with van der Waals surface area (Å²) in [6.07, 6.45) is -0.373. The van der Waals surface area contributed by atoms with Crippen LogP contribution < -0.4 is 68.0 Å². The molecule has 11 heavy (non-hydrogen) atoms. The summed E-state index contributed by atoms with van der Waals surface area (Å²) in [6.45, 7) is 0. The normalized spacial score (nSPS) is 10.3. The molecule has 0 aliphatic rings. The van der Waals surface area contributed by atoms with E-state index in [9.17, 15) is 14.7 Å². The molecule has 60 valence electrons. The summed E-state index contributed by atoms with van der Waals surface area (Å²) in [5.74, 6) is -2.21. The van der Waals surface area contributed by atoms with Crippen molar-refractivity contribution in [2.45, 2.75) is 12.5 Å². The van der Waals surface area contributed by atoms with Crippen LogP contribution in [0.1, 0.15) is 6.42 Å². The van der Waals surface area contributed by atoms with Gasteiger partial charge in [-0.15, -0.1) is 0 Å². The summed E-state index contributed by atoms with van der Waals surface area (Å²) in [7, 11) is 0. The van der Waals surface area contributed by atoms with Crippen molar-refractivity contribution < 1.29 is 71.6 Å². The molecule has 0 spiro atoms. The second kappa shape index (κ2) is 8.59. The van der Waals surface area contributed by atoms with Crippen LogP contribution in [0.3, 0.4) is 0 Å². The van der Waals surface area contributed by atoms with Gasteiger partial charge in [-0.1, -0.05) is 0 Å². The molecule has 0 saturated heterocycles. The summed E-state index contributed by atoms with van der Waals surface area (Å²) in [5, 5.41) is 9.79. The number of carboxylic acid groups (broad SMARTS) is 1. The first-order valence-corrected chi connectivity index (χ1v) is 2.28. The van der Waals surface area contributed by atoms with Crippen molar-refractivity contribution in [3.05, 3.63) is 0 Å². The summed E-state index contributed by atoms with van der Waals surface area (Å²) in [4.78, 5) is 19.8. The van der Waals surface area contributed by atoms with E-state index in [-0.39, 0.29) is 63.3 Å². The molecule has 0 aromatic heterocycles. The van der Waals surface area contributed by atoms with Gasteiger partial charge in [-0.3, -0.25) is 4.79 Å². The van der Waals surface area contributed by atoms with Gasteiger partial charge in [0.05, 0.1) is 12.0 Å². The van der Waals surface area contributed by atoms with E-state index in [0.29, 0.717) is 0 Å². The molecule has 1 atom stereocenters. The van der Waals surface area contributed by atoms with Gasteiger partial charge in [0.15, 0.2) is 0 Å². The molecule has 0 aromatic rings. The van der Waals surface area contributed by atoms with Gasteiger partial charge in [0, 0.05) is 6.42 Å². The maximum absolute atomic E-state index is 9.97. The smallest absolute Gasteiger partial charge is 0.548 e. The van der Waals surface area contributed by atoms with Crippen molar-refractivity contribution in [1.82, 2.24) is 0 Å². The van der Waals surface area contributed by atoms with Crippen molar-refractivity contribution in [3.8, 4) is 0 Å². The molecule has 0 fully saturated rings. The molecule has 1 amide bonds. The fraction of sp³-hybridized carbons (Fsp3) is 0.500. The second-order valence-electron chi connectivity index (χ2n) is 1.60. The number of aliphatic carboxylic acids is 1. The molecule has 6 nitrogen and oxygen atoms in total. The largest absolute Gasteiger partial charge is 1.00 e. The number of nitrogens with two attached hydrogens (primary N) is 2. The van der Waals surface area contributed by atoms with Gasteiger partial charge in [-0.25, -0.2) is 0 Å². The van der Waals surface area contributed by atoms with Crippen LogP contribution in [0.2, 0.25) is 0 Å². The molecular weight excluding hydrogens is 179 g/mol. The average Bonchev–Trinajstić information content (AvgIpc) is 1.63. The molecule has 1 unspecified atom stereocenters. The summed E-state index contributed by atoms with van der Waals surface area (Å²) < 4.78 is 0. The Morgan fingerprint density at radius 3 is 1.91 bits per heavy atom. The zero-order valence-corrected chi connectivity index (χ0v) is 9.29. The summed E-state index contributed by atoms with van der Waals surface area (Å²) in [5.41, 5.74) is 9.48. The van der Waals surface area contributed by atoms with E-state index in [0.717, 1.165) is 0 Å².